The van der Waals surface area contributed by atoms with Crippen molar-refractivity contribution in [2.75, 3.05) is 40.6 Å². The molecule has 0 unspecified atom stereocenters. The van der Waals surface area contributed by atoms with Crippen molar-refractivity contribution in [2.24, 2.45) is 0 Å². The smallest absolute Gasteiger partial charge is 0.337 e. The van der Waals surface area contributed by atoms with Crippen LogP contribution in [0.1, 0.15) is 10.4 Å². The molecule has 0 spiro atoms. The van der Waals surface area contributed by atoms with Crippen LogP contribution in [0.2, 0.25) is 0 Å². The van der Waals surface area contributed by atoms with Crippen molar-refractivity contribution in [1.82, 2.24) is 0 Å². The average Bonchev–Trinajstić information content (AvgIpc) is 2.67. The van der Waals surface area contributed by atoms with Crippen LogP contribution in [-0.2, 0) is 9.47 Å². The number of benzene rings is 2. The van der Waals surface area contributed by atoms with Crippen LogP contribution in [0, 0.1) is 0 Å². The number of carbonyl (C=O) groups is 1. The summed E-state index contributed by atoms with van der Waals surface area (Å²) in [5, 5.41) is 0. The van der Waals surface area contributed by atoms with Crippen molar-refractivity contribution in [3.63, 3.8) is 0 Å². The van der Waals surface area contributed by atoms with Gasteiger partial charge in [-0.3, -0.25) is 0 Å². The van der Waals surface area contributed by atoms with Crippen molar-refractivity contribution in [3.8, 4) is 17.2 Å². The van der Waals surface area contributed by atoms with E-state index in [0.717, 1.165) is 11.5 Å². The maximum Gasteiger partial charge on any atom is 0.337 e. The van der Waals surface area contributed by atoms with Gasteiger partial charge < -0.3 is 23.7 Å². The van der Waals surface area contributed by atoms with Gasteiger partial charge in [-0.15, -0.1) is 0 Å². The fourth-order valence-electron chi connectivity index (χ4n) is 2.04. The van der Waals surface area contributed by atoms with E-state index in [9.17, 15) is 4.79 Å². The maximum absolute atomic E-state index is 11.3. The Labute approximate surface area is 147 Å². The van der Waals surface area contributed by atoms with Crippen LogP contribution >= 0.6 is 0 Å². The molecule has 2 aromatic rings. The van der Waals surface area contributed by atoms with E-state index in [1.54, 1.807) is 31.4 Å². The van der Waals surface area contributed by atoms with Crippen LogP contribution in [-0.4, -0.2) is 46.6 Å². The maximum atomic E-state index is 11.3. The summed E-state index contributed by atoms with van der Waals surface area (Å²) >= 11 is 0. The first-order valence-corrected chi connectivity index (χ1v) is 7.88. The Hall–Kier alpha value is -2.73. The zero-order chi connectivity index (χ0) is 17.9. The van der Waals surface area contributed by atoms with E-state index < -0.39 is 0 Å². The van der Waals surface area contributed by atoms with Gasteiger partial charge in [0.1, 0.15) is 30.5 Å². The zero-order valence-corrected chi connectivity index (χ0v) is 14.4. The van der Waals surface area contributed by atoms with E-state index in [0.29, 0.717) is 37.7 Å². The topological polar surface area (TPSA) is 63.2 Å². The first-order valence-electron chi connectivity index (χ1n) is 7.88. The zero-order valence-electron chi connectivity index (χ0n) is 14.4. The highest BCUT2D eigenvalue weighted by atomic mass is 16.5. The number of esters is 1. The molecule has 2 aromatic carbocycles. The lowest BCUT2D eigenvalue weighted by Crippen LogP contribution is -2.12. The minimum Gasteiger partial charge on any atom is -0.497 e. The fraction of sp³-hybridized carbons (Fsp3) is 0.316. The summed E-state index contributed by atoms with van der Waals surface area (Å²) in [6.07, 6.45) is 0. The normalized spacial score (nSPS) is 10.2. The molecule has 0 aliphatic carbocycles. The van der Waals surface area contributed by atoms with E-state index in [4.69, 9.17) is 18.9 Å². The number of ether oxygens (including phenoxy) is 5. The third kappa shape index (κ3) is 6.35. The Morgan fingerprint density at radius 2 is 1.44 bits per heavy atom. The van der Waals surface area contributed by atoms with Gasteiger partial charge in [0.25, 0.3) is 0 Å². The van der Waals surface area contributed by atoms with Gasteiger partial charge in [0.2, 0.25) is 0 Å². The standard InChI is InChI=1S/C19H22O6/c1-21-17-4-3-5-18(14-17)25-13-11-23-10-12-24-16-8-6-15(7-9-16)19(20)22-2/h3-9,14H,10-13H2,1-2H3. The average molecular weight is 346 g/mol. The number of hydrogen-bond acceptors (Lipinski definition) is 6. The van der Waals surface area contributed by atoms with Gasteiger partial charge in [-0.05, 0) is 36.4 Å². The Balaban J connectivity index is 1.58. The van der Waals surface area contributed by atoms with Gasteiger partial charge in [0.15, 0.2) is 0 Å². The van der Waals surface area contributed by atoms with Crippen LogP contribution in [0.5, 0.6) is 17.2 Å². The quantitative estimate of drug-likeness (QED) is 0.487. The predicted octanol–water partition coefficient (Wildman–Crippen LogP) is 2.96. The molecule has 0 aliphatic heterocycles. The lowest BCUT2D eigenvalue weighted by molar-refractivity contribution is 0.0600. The highest BCUT2D eigenvalue weighted by Gasteiger charge is 2.04. The minimum atomic E-state index is -0.370. The predicted molar refractivity (Wildman–Crippen MR) is 92.6 cm³/mol. The molecule has 0 fully saturated rings. The van der Waals surface area contributed by atoms with Crippen molar-refractivity contribution in [3.05, 3.63) is 54.1 Å². The Bertz CT molecular complexity index is 653. The molecule has 0 aliphatic rings. The third-order valence-corrected chi connectivity index (χ3v) is 3.31. The summed E-state index contributed by atoms with van der Waals surface area (Å²) in [6.45, 7) is 1.76. The minimum absolute atomic E-state index is 0.370. The number of carbonyl (C=O) groups excluding carboxylic acids is 1. The molecule has 0 amide bonds. The van der Waals surface area contributed by atoms with Crippen LogP contribution in [0.25, 0.3) is 0 Å². The van der Waals surface area contributed by atoms with E-state index in [2.05, 4.69) is 4.74 Å². The summed E-state index contributed by atoms with van der Waals surface area (Å²) < 4.78 is 26.3. The van der Waals surface area contributed by atoms with E-state index in [-0.39, 0.29) is 5.97 Å². The molecule has 0 atom stereocenters. The molecule has 134 valence electrons. The first kappa shape index (κ1) is 18.6. The lowest BCUT2D eigenvalue weighted by atomic mass is 10.2. The molecule has 0 radical (unpaired) electrons. The SMILES string of the molecule is COC(=O)c1ccc(OCCOCCOc2cccc(OC)c2)cc1. The second-order valence-electron chi connectivity index (χ2n) is 5.00. The van der Waals surface area contributed by atoms with E-state index >= 15 is 0 Å². The molecule has 0 aromatic heterocycles. The molecule has 0 N–H and O–H groups in total. The Morgan fingerprint density at radius 1 is 0.800 bits per heavy atom. The Morgan fingerprint density at radius 3 is 2.08 bits per heavy atom. The molecular weight excluding hydrogens is 324 g/mol. The Kier molecular flexibility index (Phi) is 7.59. The number of methoxy groups -OCH3 is 2. The van der Waals surface area contributed by atoms with Crippen molar-refractivity contribution >= 4 is 5.97 Å². The summed E-state index contributed by atoms with van der Waals surface area (Å²) in [5.41, 5.74) is 0.487. The molecule has 6 nitrogen and oxygen atoms in total. The molecule has 0 heterocycles. The van der Waals surface area contributed by atoms with Crippen molar-refractivity contribution in [1.29, 1.82) is 0 Å². The van der Waals surface area contributed by atoms with Crippen LogP contribution < -0.4 is 14.2 Å². The molecule has 0 saturated carbocycles. The summed E-state index contributed by atoms with van der Waals surface area (Å²) in [4.78, 5) is 11.3. The van der Waals surface area contributed by atoms with Gasteiger partial charge in [-0.2, -0.15) is 0 Å². The summed E-state index contributed by atoms with van der Waals surface area (Å²) in [7, 11) is 2.97. The molecule has 2 rings (SSSR count). The summed E-state index contributed by atoms with van der Waals surface area (Å²) in [6, 6.07) is 14.2. The van der Waals surface area contributed by atoms with Gasteiger partial charge in [-0.25, -0.2) is 4.79 Å². The van der Waals surface area contributed by atoms with Crippen molar-refractivity contribution < 1.29 is 28.5 Å². The van der Waals surface area contributed by atoms with Crippen molar-refractivity contribution in [2.45, 2.75) is 0 Å². The molecular formula is C19H22O6. The van der Waals surface area contributed by atoms with Gasteiger partial charge in [-0.1, -0.05) is 6.07 Å². The first-order chi connectivity index (χ1) is 12.2. The largest absolute Gasteiger partial charge is 0.497 e. The van der Waals surface area contributed by atoms with E-state index in [1.165, 1.54) is 7.11 Å². The molecule has 0 bridgehead atoms. The van der Waals surface area contributed by atoms with Crippen LogP contribution in [0.15, 0.2) is 48.5 Å². The highest BCUT2D eigenvalue weighted by Crippen LogP contribution is 2.18. The molecule has 0 saturated heterocycles. The van der Waals surface area contributed by atoms with Gasteiger partial charge >= 0.3 is 5.97 Å². The van der Waals surface area contributed by atoms with Gasteiger partial charge in [0, 0.05) is 6.07 Å². The second kappa shape index (κ2) is 10.2. The summed E-state index contributed by atoms with van der Waals surface area (Å²) in [5.74, 6) is 1.80. The van der Waals surface area contributed by atoms with Crippen LogP contribution in [0.4, 0.5) is 0 Å². The lowest BCUT2D eigenvalue weighted by Gasteiger charge is -2.09. The fourth-order valence-corrected chi connectivity index (χ4v) is 2.04. The van der Waals surface area contributed by atoms with Crippen LogP contribution in [0.3, 0.4) is 0 Å². The number of hydrogen-bond donors (Lipinski definition) is 0. The number of rotatable bonds is 10. The molecule has 6 heteroatoms. The second-order valence-corrected chi connectivity index (χ2v) is 5.00. The van der Waals surface area contributed by atoms with E-state index in [1.807, 2.05) is 24.3 Å². The third-order valence-electron chi connectivity index (χ3n) is 3.31. The van der Waals surface area contributed by atoms with Gasteiger partial charge in [0.05, 0.1) is 33.0 Å². The highest BCUT2D eigenvalue weighted by molar-refractivity contribution is 5.89. The monoisotopic (exact) mass is 346 g/mol. The molecule has 25 heavy (non-hydrogen) atoms.